The molecule has 0 radical (unpaired) electrons. The Morgan fingerprint density at radius 3 is 2.62 bits per heavy atom. The quantitative estimate of drug-likeness (QED) is 0.435. The summed E-state index contributed by atoms with van der Waals surface area (Å²) in [5, 5.41) is 0. The molecule has 1 rings (SSSR count). The van der Waals surface area contributed by atoms with Gasteiger partial charge in [-0.25, -0.2) is 4.79 Å². The summed E-state index contributed by atoms with van der Waals surface area (Å²) in [5.41, 5.74) is -0.916. The van der Waals surface area contributed by atoms with E-state index in [1.54, 1.807) is 19.1 Å². The van der Waals surface area contributed by atoms with E-state index < -0.39 is 11.5 Å². The third-order valence-electron chi connectivity index (χ3n) is 2.27. The van der Waals surface area contributed by atoms with Crippen LogP contribution in [0.5, 0.6) is 0 Å². The fourth-order valence-corrected chi connectivity index (χ4v) is 1.51. The van der Waals surface area contributed by atoms with Gasteiger partial charge in [0.05, 0.1) is 7.11 Å². The van der Waals surface area contributed by atoms with Gasteiger partial charge in [0.25, 0.3) is 0 Å². The van der Waals surface area contributed by atoms with Crippen LogP contribution < -0.4 is 0 Å². The molecule has 0 spiro atoms. The van der Waals surface area contributed by atoms with Gasteiger partial charge in [-0.1, -0.05) is 12.2 Å². The second kappa shape index (κ2) is 3.20. The number of hydrogen-bond donors (Lipinski definition) is 0. The zero-order chi connectivity index (χ0) is 10.1. The zero-order valence-corrected chi connectivity index (χ0v) is 8.03. The molecule has 4 heteroatoms. The molecule has 0 aromatic rings. The number of carbonyl (C=O) groups is 2. The molecule has 72 valence electrons. The number of amides is 1. The van der Waals surface area contributed by atoms with Crippen molar-refractivity contribution in [1.29, 1.82) is 0 Å². The van der Waals surface area contributed by atoms with E-state index in [1.165, 1.54) is 18.9 Å². The van der Waals surface area contributed by atoms with Gasteiger partial charge < -0.3 is 9.64 Å². The zero-order valence-electron chi connectivity index (χ0n) is 8.03. The van der Waals surface area contributed by atoms with Crippen molar-refractivity contribution in [3.05, 3.63) is 12.2 Å². The minimum Gasteiger partial charge on any atom is -0.467 e. The molecule has 1 aliphatic rings. The Kier molecular flexibility index (Phi) is 2.40. The first-order chi connectivity index (χ1) is 6.02. The molecule has 1 atom stereocenters. The van der Waals surface area contributed by atoms with E-state index in [-0.39, 0.29) is 5.91 Å². The van der Waals surface area contributed by atoms with Crippen molar-refractivity contribution in [3.8, 4) is 0 Å². The van der Waals surface area contributed by atoms with E-state index in [0.717, 1.165) is 0 Å². The third-order valence-corrected chi connectivity index (χ3v) is 2.27. The smallest absolute Gasteiger partial charge is 0.335 e. The van der Waals surface area contributed by atoms with Gasteiger partial charge >= 0.3 is 5.97 Å². The summed E-state index contributed by atoms with van der Waals surface area (Å²) in [5.74, 6) is -0.533. The SMILES string of the molecule is COC(=O)C1(C)C=CCN1C(C)=O. The molecule has 0 aromatic heterocycles. The molecule has 0 aromatic carbocycles. The molecule has 1 aliphatic heterocycles. The van der Waals surface area contributed by atoms with Crippen molar-refractivity contribution in [3.63, 3.8) is 0 Å². The second-order valence-corrected chi connectivity index (χ2v) is 3.17. The van der Waals surface area contributed by atoms with Crippen molar-refractivity contribution >= 4 is 11.9 Å². The van der Waals surface area contributed by atoms with Gasteiger partial charge in [0.2, 0.25) is 5.91 Å². The third kappa shape index (κ3) is 1.43. The average molecular weight is 183 g/mol. The summed E-state index contributed by atoms with van der Waals surface area (Å²) in [7, 11) is 1.32. The number of rotatable bonds is 1. The Morgan fingerprint density at radius 2 is 2.15 bits per heavy atom. The lowest BCUT2D eigenvalue weighted by molar-refractivity contribution is -0.155. The van der Waals surface area contributed by atoms with Gasteiger partial charge in [-0.2, -0.15) is 0 Å². The Morgan fingerprint density at radius 1 is 1.54 bits per heavy atom. The Hall–Kier alpha value is -1.32. The molecule has 4 nitrogen and oxygen atoms in total. The van der Waals surface area contributed by atoms with Crippen LogP contribution in [0.2, 0.25) is 0 Å². The van der Waals surface area contributed by atoms with Crippen LogP contribution in [-0.2, 0) is 14.3 Å². The fraction of sp³-hybridized carbons (Fsp3) is 0.556. The molecule has 1 amide bonds. The Balaban J connectivity index is 2.93. The summed E-state index contributed by atoms with van der Waals surface area (Å²) < 4.78 is 4.63. The van der Waals surface area contributed by atoms with Crippen LogP contribution in [0.3, 0.4) is 0 Å². The number of esters is 1. The second-order valence-electron chi connectivity index (χ2n) is 3.17. The van der Waals surface area contributed by atoms with E-state index in [0.29, 0.717) is 6.54 Å². The van der Waals surface area contributed by atoms with E-state index in [1.807, 2.05) is 0 Å². The molecule has 1 heterocycles. The number of ether oxygens (including phenoxy) is 1. The summed E-state index contributed by atoms with van der Waals surface area (Å²) in [4.78, 5) is 24.0. The van der Waals surface area contributed by atoms with Gasteiger partial charge in [-0.15, -0.1) is 0 Å². The predicted molar refractivity (Wildman–Crippen MR) is 46.9 cm³/mol. The maximum atomic E-state index is 11.4. The van der Waals surface area contributed by atoms with Gasteiger partial charge in [0, 0.05) is 13.5 Å². The van der Waals surface area contributed by atoms with E-state index >= 15 is 0 Å². The highest BCUT2D eigenvalue weighted by Gasteiger charge is 2.42. The van der Waals surface area contributed by atoms with Crippen LogP contribution in [0.15, 0.2) is 12.2 Å². The standard InChI is InChI=1S/C9H13NO3/c1-7(11)10-6-4-5-9(10,2)8(12)13-3/h4-5H,6H2,1-3H3. The minimum atomic E-state index is -0.916. The van der Waals surface area contributed by atoms with Gasteiger partial charge in [-0.3, -0.25) is 4.79 Å². The van der Waals surface area contributed by atoms with Crippen LogP contribution in [0.1, 0.15) is 13.8 Å². The van der Waals surface area contributed by atoms with Crippen molar-refractivity contribution in [2.45, 2.75) is 19.4 Å². The van der Waals surface area contributed by atoms with Gasteiger partial charge in [0.1, 0.15) is 0 Å². The molecule has 0 N–H and O–H groups in total. The van der Waals surface area contributed by atoms with Crippen LogP contribution in [0.25, 0.3) is 0 Å². The van der Waals surface area contributed by atoms with E-state index in [9.17, 15) is 9.59 Å². The van der Waals surface area contributed by atoms with Gasteiger partial charge in [0.15, 0.2) is 5.54 Å². The first-order valence-corrected chi connectivity index (χ1v) is 4.06. The van der Waals surface area contributed by atoms with Gasteiger partial charge in [-0.05, 0) is 6.92 Å². The first kappa shape index (κ1) is 9.77. The van der Waals surface area contributed by atoms with Crippen molar-refractivity contribution in [1.82, 2.24) is 4.90 Å². The molecule has 0 bridgehead atoms. The summed E-state index contributed by atoms with van der Waals surface area (Å²) >= 11 is 0. The lowest BCUT2D eigenvalue weighted by Gasteiger charge is -2.30. The molecular formula is C9H13NO3. The Labute approximate surface area is 77.2 Å². The highest BCUT2D eigenvalue weighted by atomic mass is 16.5. The maximum Gasteiger partial charge on any atom is 0.335 e. The first-order valence-electron chi connectivity index (χ1n) is 4.06. The summed E-state index contributed by atoms with van der Waals surface area (Å²) in [6.45, 7) is 3.58. The fourth-order valence-electron chi connectivity index (χ4n) is 1.51. The van der Waals surface area contributed by atoms with Crippen LogP contribution in [0, 0.1) is 0 Å². The Bertz CT molecular complexity index is 272. The predicted octanol–water partition coefficient (Wildman–Crippen LogP) is 0.336. The molecule has 0 saturated heterocycles. The van der Waals surface area contributed by atoms with Crippen LogP contribution in [-0.4, -0.2) is 36.0 Å². The number of nitrogens with zero attached hydrogens (tertiary/aromatic N) is 1. The van der Waals surface area contributed by atoms with Crippen molar-refractivity contribution in [2.24, 2.45) is 0 Å². The molecule has 0 aliphatic carbocycles. The lowest BCUT2D eigenvalue weighted by atomic mass is 10.0. The molecular weight excluding hydrogens is 170 g/mol. The van der Waals surface area contributed by atoms with Crippen molar-refractivity contribution in [2.75, 3.05) is 13.7 Å². The summed E-state index contributed by atoms with van der Waals surface area (Å²) in [6.07, 6.45) is 3.48. The highest BCUT2D eigenvalue weighted by Crippen LogP contribution is 2.23. The highest BCUT2D eigenvalue weighted by molar-refractivity contribution is 5.89. The molecule has 1 unspecified atom stereocenters. The lowest BCUT2D eigenvalue weighted by Crippen LogP contribution is -2.50. The molecule has 0 saturated carbocycles. The molecule has 13 heavy (non-hydrogen) atoms. The monoisotopic (exact) mass is 183 g/mol. The van der Waals surface area contributed by atoms with E-state index in [2.05, 4.69) is 4.74 Å². The van der Waals surface area contributed by atoms with Crippen LogP contribution >= 0.6 is 0 Å². The normalized spacial score (nSPS) is 26.2. The van der Waals surface area contributed by atoms with Crippen LogP contribution in [0.4, 0.5) is 0 Å². The topological polar surface area (TPSA) is 46.6 Å². The number of hydrogen-bond acceptors (Lipinski definition) is 3. The average Bonchev–Trinajstić information content (AvgIpc) is 2.47. The minimum absolute atomic E-state index is 0.127. The number of carbonyl (C=O) groups excluding carboxylic acids is 2. The van der Waals surface area contributed by atoms with Crippen molar-refractivity contribution < 1.29 is 14.3 Å². The van der Waals surface area contributed by atoms with E-state index in [4.69, 9.17) is 0 Å². The molecule has 0 fully saturated rings. The maximum absolute atomic E-state index is 11.4. The summed E-state index contributed by atoms with van der Waals surface area (Å²) in [6, 6.07) is 0. The largest absolute Gasteiger partial charge is 0.467 e. The number of methoxy groups -OCH3 is 1.